The molecule has 1 aromatic carbocycles. The number of primary amides is 1. The van der Waals surface area contributed by atoms with Crippen LogP contribution in [0, 0.1) is 11.6 Å². The maximum Gasteiger partial charge on any atom is 0.244 e. The van der Waals surface area contributed by atoms with Gasteiger partial charge < -0.3 is 15.6 Å². The van der Waals surface area contributed by atoms with E-state index < -0.39 is 17.5 Å². The Hall–Kier alpha value is -2.70. The number of amides is 1. The minimum Gasteiger partial charge on any atom is -0.512 e. The summed E-state index contributed by atoms with van der Waals surface area (Å²) in [5, 5.41) is 9.53. The summed E-state index contributed by atoms with van der Waals surface area (Å²) in [6, 6.07) is 2.49. The Morgan fingerprint density at radius 3 is 2.54 bits per heavy atom. The number of carbonyl (C=O) groups is 1. The van der Waals surface area contributed by atoms with Gasteiger partial charge in [-0.1, -0.05) is 6.08 Å². The first kappa shape index (κ1) is 21.6. The standard InChI is InChI=1S/C21H26F2N2O3/c1-2-9-25-21(28-16-5-3-4-6-16)12-14-10-18(22)17(19(23)11-14)8-7-15(26)13-20(24)27/h2,9-11,13,16,26H,3-8,12H2,1H3,(H2,24,27)/b9-2-,15-13-,25-21?. The SMILES string of the molecule is C/C=C\N=C(Cc1cc(F)c(CC/C(O)=C/C(N)=O)c(F)c1)OC1CCCC1. The first-order valence-electron chi connectivity index (χ1n) is 9.39. The fourth-order valence-electron chi connectivity index (χ4n) is 3.13. The third-order valence-electron chi connectivity index (χ3n) is 4.47. The number of rotatable bonds is 8. The fraction of sp³-hybridized carbons (Fsp3) is 0.429. The van der Waals surface area contributed by atoms with Crippen LogP contribution >= 0.6 is 0 Å². The second kappa shape index (κ2) is 10.6. The quantitative estimate of drug-likeness (QED) is 0.300. The summed E-state index contributed by atoms with van der Waals surface area (Å²) in [6.07, 6.45) is 8.41. The van der Waals surface area contributed by atoms with Crippen molar-refractivity contribution >= 4 is 11.8 Å². The minimum absolute atomic E-state index is 0.0884. The van der Waals surface area contributed by atoms with Crippen LogP contribution in [0.4, 0.5) is 8.78 Å². The van der Waals surface area contributed by atoms with Gasteiger partial charge in [0.15, 0.2) is 5.90 Å². The third kappa shape index (κ3) is 6.79. The molecule has 0 spiro atoms. The van der Waals surface area contributed by atoms with Crippen molar-refractivity contribution in [1.29, 1.82) is 0 Å². The monoisotopic (exact) mass is 392 g/mol. The van der Waals surface area contributed by atoms with Crippen LogP contribution in [0.3, 0.4) is 0 Å². The van der Waals surface area contributed by atoms with Crippen molar-refractivity contribution in [2.24, 2.45) is 10.7 Å². The van der Waals surface area contributed by atoms with Gasteiger partial charge in [-0.25, -0.2) is 13.8 Å². The molecule has 28 heavy (non-hydrogen) atoms. The number of hydrogen-bond acceptors (Lipinski definition) is 4. The Balaban J connectivity index is 2.11. The maximum atomic E-state index is 14.4. The average molecular weight is 392 g/mol. The van der Waals surface area contributed by atoms with Crippen LogP contribution in [0.25, 0.3) is 0 Å². The van der Waals surface area contributed by atoms with Crippen molar-refractivity contribution in [3.63, 3.8) is 0 Å². The molecule has 1 aromatic rings. The van der Waals surface area contributed by atoms with E-state index in [-0.39, 0.29) is 36.7 Å². The highest BCUT2D eigenvalue weighted by molar-refractivity contribution is 5.86. The zero-order valence-electron chi connectivity index (χ0n) is 16.0. The molecule has 1 fully saturated rings. The van der Waals surface area contributed by atoms with Crippen molar-refractivity contribution < 1.29 is 23.4 Å². The van der Waals surface area contributed by atoms with E-state index in [0.29, 0.717) is 11.5 Å². The molecule has 1 aliphatic carbocycles. The van der Waals surface area contributed by atoms with Crippen molar-refractivity contribution in [2.45, 2.75) is 58.0 Å². The van der Waals surface area contributed by atoms with Gasteiger partial charge in [0.2, 0.25) is 5.91 Å². The molecule has 0 radical (unpaired) electrons. The normalized spacial score (nSPS) is 16.1. The topological polar surface area (TPSA) is 84.9 Å². The summed E-state index contributed by atoms with van der Waals surface area (Å²) in [5.74, 6) is -2.13. The number of carbonyl (C=O) groups excluding carboxylic acids is 1. The van der Waals surface area contributed by atoms with Gasteiger partial charge in [-0.2, -0.15) is 0 Å². The predicted octanol–water partition coefficient (Wildman–Crippen LogP) is 4.26. The molecule has 5 nitrogen and oxygen atoms in total. The van der Waals surface area contributed by atoms with Gasteiger partial charge in [-0.05, 0) is 56.7 Å². The van der Waals surface area contributed by atoms with Gasteiger partial charge in [0.05, 0.1) is 5.76 Å². The zero-order chi connectivity index (χ0) is 20.5. The molecule has 2 rings (SSSR count). The predicted molar refractivity (Wildman–Crippen MR) is 104 cm³/mol. The summed E-state index contributed by atoms with van der Waals surface area (Å²) in [6.45, 7) is 1.83. The zero-order valence-corrected chi connectivity index (χ0v) is 16.0. The molecular weight excluding hydrogens is 366 g/mol. The van der Waals surface area contributed by atoms with Gasteiger partial charge in [0, 0.05) is 30.7 Å². The van der Waals surface area contributed by atoms with Crippen molar-refractivity contribution in [3.05, 3.63) is 59.0 Å². The number of halogens is 2. The number of allylic oxidation sites excluding steroid dienone is 2. The Morgan fingerprint density at radius 2 is 1.96 bits per heavy atom. The molecule has 0 atom stereocenters. The summed E-state index contributed by atoms with van der Waals surface area (Å²) in [4.78, 5) is 15.0. The Labute approximate surface area is 163 Å². The van der Waals surface area contributed by atoms with Crippen molar-refractivity contribution in [1.82, 2.24) is 0 Å². The van der Waals surface area contributed by atoms with E-state index in [1.54, 1.807) is 12.3 Å². The summed E-state index contributed by atoms with van der Waals surface area (Å²) < 4.78 is 34.7. The lowest BCUT2D eigenvalue weighted by Crippen LogP contribution is -2.17. The highest BCUT2D eigenvalue weighted by atomic mass is 19.1. The van der Waals surface area contributed by atoms with E-state index in [2.05, 4.69) is 4.99 Å². The van der Waals surface area contributed by atoms with Crippen molar-refractivity contribution in [3.8, 4) is 0 Å². The maximum absolute atomic E-state index is 14.4. The molecular formula is C21H26F2N2O3. The molecule has 152 valence electrons. The van der Waals surface area contributed by atoms with Gasteiger partial charge >= 0.3 is 0 Å². The van der Waals surface area contributed by atoms with Gasteiger partial charge in [0.25, 0.3) is 0 Å². The molecule has 1 amide bonds. The highest BCUT2D eigenvalue weighted by Crippen LogP contribution is 2.23. The second-order valence-electron chi connectivity index (χ2n) is 6.78. The van der Waals surface area contributed by atoms with E-state index >= 15 is 0 Å². The molecule has 0 aliphatic heterocycles. The number of aliphatic hydroxyl groups excluding tert-OH is 1. The average Bonchev–Trinajstić information content (AvgIpc) is 3.11. The third-order valence-corrected chi connectivity index (χ3v) is 4.47. The first-order chi connectivity index (χ1) is 13.4. The fourth-order valence-corrected chi connectivity index (χ4v) is 3.13. The van der Waals surface area contributed by atoms with Crippen LogP contribution in [0.2, 0.25) is 0 Å². The first-order valence-corrected chi connectivity index (χ1v) is 9.39. The summed E-state index contributed by atoms with van der Waals surface area (Å²) >= 11 is 0. The van der Waals surface area contributed by atoms with Crippen molar-refractivity contribution in [2.75, 3.05) is 0 Å². The number of benzene rings is 1. The van der Waals surface area contributed by atoms with Crippen LogP contribution in [0.1, 0.15) is 50.2 Å². The number of nitrogens with two attached hydrogens (primary N) is 1. The molecule has 7 heteroatoms. The number of ether oxygens (including phenoxy) is 1. The van der Waals surface area contributed by atoms with Crippen LogP contribution < -0.4 is 5.73 Å². The lowest BCUT2D eigenvalue weighted by atomic mass is 10.0. The smallest absolute Gasteiger partial charge is 0.244 e. The lowest BCUT2D eigenvalue weighted by Gasteiger charge is -2.15. The molecule has 0 heterocycles. The van der Waals surface area contributed by atoms with Gasteiger partial charge in [-0.3, -0.25) is 4.79 Å². The second-order valence-corrected chi connectivity index (χ2v) is 6.78. The number of aliphatic imine (C=N–C) groups is 1. The van der Waals surface area contributed by atoms with E-state index in [9.17, 15) is 18.7 Å². The molecule has 0 saturated heterocycles. The van der Waals surface area contributed by atoms with Crippen LogP contribution in [0.5, 0.6) is 0 Å². The molecule has 0 unspecified atom stereocenters. The molecule has 0 aromatic heterocycles. The number of hydrogen-bond donors (Lipinski definition) is 2. The molecule has 1 saturated carbocycles. The molecule has 1 aliphatic rings. The van der Waals surface area contributed by atoms with Crippen LogP contribution in [-0.2, 0) is 22.4 Å². The number of aliphatic hydroxyl groups is 1. The van der Waals surface area contributed by atoms with Gasteiger partial charge in [0.1, 0.15) is 17.7 Å². The van der Waals surface area contributed by atoms with Gasteiger partial charge in [-0.15, -0.1) is 0 Å². The summed E-state index contributed by atoms with van der Waals surface area (Å²) in [7, 11) is 0. The number of nitrogens with zero attached hydrogens (tertiary/aromatic N) is 1. The molecule has 0 bridgehead atoms. The minimum atomic E-state index is -0.816. The Bertz CT molecular complexity index is 759. The Morgan fingerprint density at radius 1 is 1.32 bits per heavy atom. The Kier molecular flexibility index (Phi) is 8.17. The lowest BCUT2D eigenvalue weighted by molar-refractivity contribution is -0.113. The molecule has 3 N–H and O–H groups in total. The largest absolute Gasteiger partial charge is 0.512 e. The van der Waals surface area contributed by atoms with E-state index in [1.165, 1.54) is 12.1 Å². The highest BCUT2D eigenvalue weighted by Gasteiger charge is 2.19. The van der Waals surface area contributed by atoms with E-state index in [4.69, 9.17) is 10.5 Å². The van der Waals surface area contributed by atoms with Crippen LogP contribution in [-0.4, -0.2) is 23.0 Å². The van der Waals surface area contributed by atoms with Crippen LogP contribution in [0.15, 0.2) is 41.2 Å². The van der Waals surface area contributed by atoms with E-state index in [1.807, 2.05) is 6.92 Å². The van der Waals surface area contributed by atoms with E-state index in [0.717, 1.165) is 31.8 Å². The summed E-state index contributed by atoms with van der Waals surface area (Å²) in [5.41, 5.74) is 5.19.